The van der Waals surface area contributed by atoms with E-state index in [-0.39, 0.29) is 6.10 Å². The van der Waals surface area contributed by atoms with E-state index in [1.54, 1.807) is 0 Å². The van der Waals surface area contributed by atoms with Crippen LogP contribution in [0.4, 0.5) is 0 Å². The average Bonchev–Trinajstić information content (AvgIpc) is 2.82. The van der Waals surface area contributed by atoms with Crippen molar-refractivity contribution in [3.05, 3.63) is 0 Å². The summed E-state index contributed by atoms with van der Waals surface area (Å²) in [5.41, 5.74) is 0. The van der Waals surface area contributed by atoms with Gasteiger partial charge in [-0.2, -0.15) is 0 Å². The lowest BCUT2D eigenvalue weighted by Crippen LogP contribution is -2.28. The van der Waals surface area contributed by atoms with Crippen LogP contribution in [0.15, 0.2) is 0 Å². The molecule has 2 fully saturated rings. The number of hydrogen-bond acceptors (Lipinski definition) is 2. The molecule has 2 rings (SSSR count). The number of rotatable bonds is 4. The van der Waals surface area contributed by atoms with E-state index in [9.17, 15) is 5.11 Å². The number of aliphatic hydroxyl groups is 1. The van der Waals surface area contributed by atoms with E-state index in [0.717, 1.165) is 32.0 Å². The van der Waals surface area contributed by atoms with Gasteiger partial charge in [0.1, 0.15) is 0 Å². The first-order chi connectivity index (χ1) is 7.79. The average molecular weight is 226 g/mol. The van der Waals surface area contributed by atoms with Crippen molar-refractivity contribution in [3.8, 4) is 0 Å². The number of ether oxygens (including phenoxy) is 1. The summed E-state index contributed by atoms with van der Waals surface area (Å²) < 4.78 is 5.38. The lowest BCUT2D eigenvalue weighted by Gasteiger charge is -2.32. The van der Waals surface area contributed by atoms with Crippen LogP contribution in [0.2, 0.25) is 0 Å². The highest BCUT2D eigenvalue weighted by molar-refractivity contribution is 4.80. The predicted molar refractivity (Wildman–Crippen MR) is 65.3 cm³/mol. The molecular formula is C14H26O2. The highest BCUT2D eigenvalue weighted by atomic mass is 16.5. The van der Waals surface area contributed by atoms with Crippen LogP contribution in [0, 0.1) is 17.8 Å². The van der Waals surface area contributed by atoms with Crippen molar-refractivity contribution >= 4 is 0 Å². The van der Waals surface area contributed by atoms with Crippen molar-refractivity contribution in [1.29, 1.82) is 0 Å². The molecule has 16 heavy (non-hydrogen) atoms. The summed E-state index contributed by atoms with van der Waals surface area (Å²) in [5.74, 6) is 2.06. The summed E-state index contributed by atoms with van der Waals surface area (Å²) in [5, 5.41) is 10.3. The van der Waals surface area contributed by atoms with E-state index in [1.807, 2.05) is 0 Å². The van der Waals surface area contributed by atoms with E-state index in [0.29, 0.717) is 11.8 Å². The molecule has 1 saturated carbocycles. The Morgan fingerprint density at radius 2 is 2.12 bits per heavy atom. The second-order valence-electron chi connectivity index (χ2n) is 5.73. The molecule has 2 heteroatoms. The molecule has 0 aromatic heterocycles. The highest BCUT2D eigenvalue weighted by Crippen LogP contribution is 2.35. The van der Waals surface area contributed by atoms with Crippen molar-refractivity contribution in [3.63, 3.8) is 0 Å². The molecule has 2 aliphatic rings. The summed E-state index contributed by atoms with van der Waals surface area (Å²) in [4.78, 5) is 0. The van der Waals surface area contributed by atoms with Crippen LogP contribution in [-0.4, -0.2) is 24.4 Å². The quantitative estimate of drug-likeness (QED) is 0.798. The molecule has 4 unspecified atom stereocenters. The van der Waals surface area contributed by atoms with Gasteiger partial charge in [-0.3, -0.25) is 0 Å². The molecule has 0 amide bonds. The molecule has 4 atom stereocenters. The maximum Gasteiger partial charge on any atom is 0.0572 e. The van der Waals surface area contributed by atoms with Crippen LogP contribution in [0.1, 0.15) is 51.9 Å². The maximum atomic E-state index is 10.3. The van der Waals surface area contributed by atoms with E-state index < -0.39 is 0 Å². The minimum atomic E-state index is -0.0685. The van der Waals surface area contributed by atoms with Gasteiger partial charge >= 0.3 is 0 Å². The Hall–Kier alpha value is -0.0800. The second-order valence-corrected chi connectivity index (χ2v) is 5.73. The van der Waals surface area contributed by atoms with E-state index in [2.05, 4.69) is 6.92 Å². The molecule has 0 bridgehead atoms. The summed E-state index contributed by atoms with van der Waals surface area (Å²) >= 11 is 0. The molecular weight excluding hydrogens is 200 g/mol. The number of hydrogen-bond donors (Lipinski definition) is 1. The zero-order chi connectivity index (χ0) is 11.4. The fourth-order valence-electron chi connectivity index (χ4n) is 3.36. The van der Waals surface area contributed by atoms with Gasteiger partial charge in [0.25, 0.3) is 0 Å². The van der Waals surface area contributed by atoms with Gasteiger partial charge < -0.3 is 9.84 Å². The first-order valence-electron chi connectivity index (χ1n) is 7.05. The van der Waals surface area contributed by atoms with Gasteiger partial charge in [0.05, 0.1) is 6.10 Å². The molecule has 1 aliphatic heterocycles. The third kappa shape index (κ3) is 3.21. The Morgan fingerprint density at radius 3 is 2.81 bits per heavy atom. The lowest BCUT2D eigenvalue weighted by atomic mass is 9.76. The monoisotopic (exact) mass is 226 g/mol. The van der Waals surface area contributed by atoms with E-state index in [1.165, 1.54) is 32.1 Å². The van der Waals surface area contributed by atoms with Gasteiger partial charge in [0, 0.05) is 13.2 Å². The van der Waals surface area contributed by atoms with Crippen molar-refractivity contribution < 1.29 is 9.84 Å². The minimum absolute atomic E-state index is 0.0685. The van der Waals surface area contributed by atoms with Gasteiger partial charge in [-0.25, -0.2) is 0 Å². The molecule has 1 saturated heterocycles. The van der Waals surface area contributed by atoms with Crippen molar-refractivity contribution in [2.75, 3.05) is 13.2 Å². The summed E-state index contributed by atoms with van der Waals surface area (Å²) in [6, 6.07) is 0. The van der Waals surface area contributed by atoms with Gasteiger partial charge in [0.15, 0.2) is 0 Å². The van der Waals surface area contributed by atoms with Crippen LogP contribution in [0.25, 0.3) is 0 Å². The van der Waals surface area contributed by atoms with Gasteiger partial charge in [-0.15, -0.1) is 0 Å². The zero-order valence-electron chi connectivity index (χ0n) is 10.5. The van der Waals surface area contributed by atoms with Gasteiger partial charge in [-0.1, -0.05) is 26.2 Å². The van der Waals surface area contributed by atoms with Crippen LogP contribution in [-0.2, 0) is 4.74 Å². The normalized spacial score (nSPS) is 37.5. The summed E-state index contributed by atoms with van der Waals surface area (Å²) in [6.45, 7) is 4.06. The Balaban J connectivity index is 1.76. The molecule has 94 valence electrons. The Bertz CT molecular complexity index is 199. The van der Waals surface area contributed by atoms with E-state index in [4.69, 9.17) is 4.74 Å². The van der Waals surface area contributed by atoms with E-state index >= 15 is 0 Å². The lowest BCUT2D eigenvalue weighted by molar-refractivity contribution is 0.0462. The number of aliphatic hydroxyl groups excluding tert-OH is 1. The Kier molecular flexibility index (Phi) is 4.66. The molecule has 2 nitrogen and oxygen atoms in total. The summed E-state index contributed by atoms with van der Waals surface area (Å²) in [7, 11) is 0. The van der Waals surface area contributed by atoms with Crippen LogP contribution in [0.5, 0.6) is 0 Å². The Labute approximate surface area is 99.4 Å². The van der Waals surface area contributed by atoms with Crippen molar-refractivity contribution in [2.45, 2.75) is 58.0 Å². The van der Waals surface area contributed by atoms with Crippen LogP contribution >= 0.6 is 0 Å². The molecule has 0 aromatic carbocycles. The molecule has 0 spiro atoms. The summed E-state index contributed by atoms with van der Waals surface area (Å²) in [6.07, 6.45) is 8.54. The van der Waals surface area contributed by atoms with Crippen molar-refractivity contribution in [2.24, 2.45) is 17.8 Å². The molecule has 0 aromatic rings. The first-order valence-corrected chi connectivity index (χ1v) is 7.05. The van der Waals surface area contributed by atoms with Gasteiger partial charge in [-0.05, 0) is 43.4 Å². The smallest absolute Gasteiger partial charge is 0.0572 e. The predicted octanol–water partition coefficient (Wildman–Crippen LogP) is 2.99. The molecule has 1 N–H and O–H groups in total. The topological polar surface area (TPSA) is 29.5 Å². The minimum Gasteiger partial charge on any atom is -0.393 e. The maximum absolute atomic E-state index is 10.3. The molecule has 1 heterocycles. The zero-order valence-corrected chi connectivity index (χ0v) is 10.5. The third-order valence-corrected chi connectivity index (χ3v) is 4.54. The standard InChI is InChI=1S/C14H26O2/c1-2-11-4-3-5-13(8-11)14(15)9-12-6-7-16-10-12/h11-15H,2-10H2,1H3. The molecule has 1 aliphatic carbocycles. The van der Waals surface area contributed by atoms with Gasteiger partial charge in [0.2, 0.25) is 0 Å². The van der Waals surface area contributed by atoms with Crippen molar-refractivity contribution in [1.82, 2.24) is 0 Å². The molecule has 0 radical (unpaired) electrons. The van der Waals surface area contributed by atoms with Crippen LogP contribution < -0.4 is 0 Å². The Morgan fingerprint density at radius 1 is 1.25 bits per heavy atom. The second kappa shape index (κ2) is 6.02. The first kappa shape index (κ1) is 12.4. The third-order valence-electron chi connectivity index (χ3n) is 4.54. The largest absolute Gasteiger partial charge is 0.393 e. The van der Waals surface area contributed by atoms with Crippen LogP contribution in [0.3, 0.4) is 0 Å². The fourth-order valence-corrected chi connectivity index (χ4v) is 3.36. The SMILES string of the molecule is CCC1CCCC(C(O)CC2CCOC2)C1. The fraction of sp³-hybridized carbons (Fsp3) is 1.00. The highest BCUT2D eigenvalue weighted by Gasteiger charge is 2.29.